The van der Waals surface area contributed by atoms with Crippen LogP contribution in [-0.4, -0.2) is 6.61 Å². The maximum Gasteiger partial charge on any atom is 0.180 e. The van der Waals surface area contributed by atoms with Gasteiger partial charge in [0.15, 0.2) is 11.5 Å². The predicted molar refractivity (Wildman–Crippen MR) is 112 cm³/mol. The minimum atomic E-state index is -0.450. The topological polar surface area (TPSA) is 30.5 Å². The summed E-state index contributed by atoms with van der Waals surface area (Å²) in [6, 6.07) is 18.0. The SMILES string of the molecule is CCOc1cc(CNc2ccc(F)c(Cl)c2)cc(Cl)c1OCc1ccccc1. The fourth-order valence-corrected chi connectivity index (χ4v) is 3.13. The maximum atomic E-state index is 13.3. The van der Waals surface area contributed by atoms with Crippen LogP contribution in [0.4, 0.5) is 10.1 Å². The molecule has 3 aromatic carbocycles. The Bertz CT molecular complexity index is 935. The zero-order valence-corrected chi connectivity index (χ0v) is 16.9. The van der Waals surface area contributed by atoms with E-state index in [-0.39, 0.29) is 5.02 Å². The largest absolute Gasteiger partial charge is 0.490 e. The molecule has 0 saturated heterocycles. The van der Waals surface area contributed by atoms with E-state index in [4.69, 9.17) is 32.7 Å². The molecule has 0 aliphatic carbocycles. The van der Waals surface area contributed by atoms with Crippen molar-refractivity contribution in [2.45, 2.75) is 20.1 Å². The molecular formula is C22H20Cl2FNO2. The molecule has 0 radical (unpaired) electrons. The van der Waals surface area contributed by atoms with Gasteiger partial charge < -0.3 is 14.8 Å². The van der Waals surface area contributed by atoms with Gasteiger partial charge in [-0.3, -0.25) is 0 Å². The van der Waals surface area contributed by atoms with Crippen LogP contribution in [0.1, 0.15) is 18.1 Å². The van der Waals surface area contributed by atoms with Crippen molar-refractivity contribution in [3.63, 3.8) is 0 Å². The Morgan fingerprint density at radius 3 is 2.39 bits per heavy atom. The fraction of sp³-hybridized carbons (Fsp3) is 0.182. The third-order valence-electron chi connectivity index (χ3n) is 4.01. The first kappa shape index (κ1) is 20.3. The van der Waals surface area contributed by atoms with Gasteiger partial charge in [-0.1, -0.05) is 53.5 Å². The van der Waals surface area contributed by atoms with E-state index in [1.54, 1.807) is 12.1 Å². The van der Waals surface area contributed by atoms with E-state index in [9.17, 15) is 4.39 Å². The number of hydrogen-bond acceptors (Lipinski definition) is 3. The zero-order valence-electron chi connectivity index (χ0n) is 15.3. The Balaban J connectivity index is 1.74. The molecule has 146 valence electrons. The van der Waals surface area contributed by atoms with E-state index < -0.39 is 5.82 Å². The highest BCUT2D eigenvalue weighted by atomic mass is 35.5. The van der Waals surface area contributed by atoms with Gasteiger partial charge in [0.05, 0.1) is 16.7 Å². The lowest BCUT2D eigenvalue weighted by Gasteiger charge is -2.16. The molecule has 0 aliphatic rings. The molecule has 0 aromatic heterocycles. The average molecular weight is 420 g/mol. The Morgan fingerprint density at radius 1 is 0.893 bits per heavy atom. The van der Waals surface area contributed by atoms with Crippen molar-refractivity contribution in [2.24, 2.45) is 0 Å². The lowest BCUT2D eigenvalue weighted by molar-refractivity contribution is 0.269. The van der Waals surface area contributed by atoms with Crippen LogP contribution in [0.2, 0.25) is 10.0 Å². The summed E-state index contributed by atoms with van der Waals surface area (Å²) in [5.74, 6) is 0.648. The highest BCUT2D eigenvalue weighted by Crippen LogP contribution is 2.37. The lowest BCUT2D eigenvalue weighted by Crippen LogP contribution is -2.04. The van der Waals surface area contributed by atoms with E-state index in [1.165, 1.54) is 6.07 Å². The van der Waals surface area contributed by atoms with Gasteiger partial charge in [-0.15, -0.1) is 0 Å². The van der Waals surface area contributed by atoms with Gasteiger partial charge >= 0.3 is 0 Å². The van der Waals surface area contributed by atoms with Crippen molar-refractivity contribution in [2.75, 3.05) is 11.9 Å². The van der Waals surface area contributed by atoms with Crippen LogP contribution >= 0.6 is 23.2 Å². The molecule has 0 aliphatic heterocycles. The molecule has 3 aromatic rings. The first-order valence-electron chi connectivity index (χ1n) is 8.87. The smallest absolute Gasteiger partial charge is 0.180 e. The van der Waals surface area contributed by atoms with E-state index in [0.717, 1.165) is 11.1 Å². The van der Waals surface area contributed by atoms with E-state index >= 15 is 0 Å². The Morgan fingerprint density at radius 2 is 1.68 bits per heavy atom. The molecule has 1 N–H and O–H groups in total. The molecule has 0 saturated carbocycles. The molecular weight excluding hydrogens is 400 g/mol. The molecule has 3 rings (SSSR count). The van der Waals surface area contributed by atoms with Crippen LogP contribution in [0.25, 0.3) is 0 Å². The molecule has 6 heteroatoms. The second-order valence-electron chi connectivity index (χ2n) is 6.09. The third-order valence-corrected chi connectivity index (χ3v) is 4.58. The van der Waals surface area contributed by atoms with Crippen LogP contribution in [0.15, 0.2) is 60.7 Å². The number of rotatable bonds is 8. The molecule has 0 fully saturated rings. The minimum Gasteiger partial charge on any atom is -0.490 e. The summed E-state index contributed by atoms with van der Waals surface area (Å²) in [7, 11) is 0. The Kier molecular flexibility index (Phi) is 7.01. The van der Waals surface area contributed by atoms with Gasteiger partial charge in [-0.05, 0) is 48.4 Å². The summed E-state index contributed by atoms with van der Waals surface area (Å²) in [6.45, 7) is 3.26. The molecule has 0 spiro atoms. The van der Waals surface area contributed by atoms with Crippen molar-refractivity contribution >= 4 is 28.9 Å². The molecule has 28 heavy (non-hydrogen) atoms. The number of ether oxygens (including phenoxy) is 2. The first-order valence-corrected chi connectivity index (χ1v) is 9.63. The summed E-state index contributed by atoms with van der Waals surface area (Å²) in [4.78, 5) is 0. The lowest BCUT2D eigenvalue weighted by atomic mass is 10.2. The maximum absolute atomic E-state index is 13.3. The van der Waals surface area contributed by atoms with Gasteiger partial charge in [0, 0.05) is 12.2 Å². The number of nitrogens with one attached hydrogen (secondary N) is 1. The quantitative estimate of drug-likeness (QED) is 0.439. The first-order chi connectivity index (χ1) is 13.6. The van der Waals surface area contributed by atoms with Gasteiger partial charge in [-0.2, -0.15) is 0 Å². The highest BCUT2D eigenvalue weighted by molar-refractivity contribution is 6.32. The van der Waals surface area contributed by atoms with Crippen LogP contribution in [0.3, 0.4) is 0 Å². The van der Waals surface area contributed by atoms with Gasteiger partial charge in [0.25, 0.3) is 0 Å². The summed E-state index contributed by atoms with van der Waals surface area (Å²) in [6.07, 6.45) is 0. The van der Waals surface area contributed by atoms with Crippen molar-refractivity contribution in [3.05, 3.63) is 87.7 Å². The number of halogens is 3. The second kappa shape index (κ2) is 9.67. The van der Waals surface area contributed by atoms with Crippen molar-refractivity contribution in [3.8, 4) is 11.5 Å². The van der Waals surface area contributed by atoms with Crippen LogP contribution < -0.4 is 14.8 Å². The zero-order chi connectivity index (χ0) is 19.9. The van der Waals surface area contributed by atoms with Crippen molar-refractivity contribution in [1.29, 1.82) is 0 Å². The summed E-state index contributed by atoms with van der Waals surface area (Å²) < 4.78 is 24.9. The van der Waals surface area contributed by atoms with Crippen LogP contribution in [-0.2, 0) is 13.2 Å². The normalized spacial score (nSPS) is 10.6. The highest BCUT2D eigenvalue weighted by Gasteiger charge is 2.13. The second-order valence-corrected chi connectivity index (χ2v) is 6.91. The predicted octanol–water partition coefficient (Wildman–Crippen LogP) is 6.72. The molecule has 0 atom stereocenters. The number of benzene rings is 3. The monoisotopic (exact) mass is 419 g/mol. The van der Waals surface area contributed by atoms with Gasteiger partial charge in [0.2, 0.25) is 0 Å². The van der Waals surface area contributed by atoms with Crippen molar-refractivity contribution in [1.82, 2.24) is 0 Å². The minimum absolute atomic E-state index is 0.0719. The number of anilines is 1. The molecule has 0 heterocycles. The molecule has 0 amide bonds. The fourth-order valence-electron chi connectivity index (χ4n) is 2.67. The average Bonchev–Trinajstić information content (AvgIpc) is 2.69. The standard InChI is InChI=1S/C22H20Cl2FNO2/c1-2-27-21-11-16(13-26-17-8-9-20(25)18(23)12-17)10-19(24)22(21)28-14-15-6-4-3-5-7-15/h3-12,26H,2,13-14H2,1H3. The summed E-state index contributed by atoms with van der Waals surface area (Å²) >= 11 is 12.3. The molecule has 0 bridgehead atoms. The third kappa shape index (κ3) is 5.31. The van der Waals surface area contributed by atoms with Crippen LogP contribution in [0, 0.1) is 5.82 Å². The summed E-state index contributed by atoms with van der Waals surface area (Å²) in [5.41, 5.74) is 2.66. The van der Waals surface area contributed by atoms with Crippen LogP contribution in [0.5, 0.6) is 11.5 Å². The van der Waals surface area contributed by atoms with Gasteiger partial charge in [-0.25, -0.2) is 4.39 Å². The Labute approximate surface area is 174 Å². The van der Waals surface area contributed by atoms with Crippen molar-refractivity contribution < 1.29 is 13.9 Å². The Hall–Kier alpha value is -2.43. The van der Waals surface area contributed by atoms with E-state index in [1.807, 2.05) is 49.4 Å². The van der Waals surface area contributed by atoms with Gasteiger partial charge in [0.1, 0.15) is 12.4 Å². The number of hydrogen-bond donors (Lipinski definition) is 1. The molecule has 0 unspecified atom stereocenters. The summed E-state index contributed by atoms with van der Waals surface area (Å²) in [5, 5.41) is 3.74. The van der Waals surface area contributed by atoms with E-state index in [2.05, 4.69) is 5.32 Å². The molecule has 3 nitrogen and oxygen atoms in total. The van der Waals surface area contributed by atoms with E-state index in [0.29, 0.717) is 42.0 Å².